The van der Waals surface area contributed by atoms with Gasteiger partial charge in [-0.3, -0.25) is 0 Å². The second kappa shape index (κ2) is 3.68. The van der Waals surface area contributed by atoms with Gasteiger partial charge in [0.2, 0.25) is 0 Å². The van der Waals surface area contributed by atoms with Crippen molar-refractivity contribution in [2.24, 2.45) is 0 Å². The molecule has 1 radical (unpaired) electrons. The number of hydrogen-bond donors (Lipinski definition) is 0. The van der Waals surface area contributed by atoms with Crippen LogP contribution >= 0.6 is 23.2 Å². The molecule has 0 nitrogen and oxygen atoms in total. The minimum atomic E-state index is 0. The quantitative estimate of drug-likeness (QED) is 0.642. The summed E-state index contributed by atoms with van der Waals surface area (Å²) in [6, 6.07) is 0. The topological polar surface area (TPSA) is 0 Å². The van der Waals surface area contributed by atoms with E-state index in [0.29, 0.717) is 5.03 Å². The fraction of sp³-hybridized carbons (Fsp3) is 0.200. The van der Waals surface area contributed by atoms with E-state index in [1.165, 1.54) is 0 Å². The Morgan fingerprint density at radius 2 is 2.00 bits per heavy atom. The average molecular weight is 327 g/mol. The number of allylic oxidation sites excluding steroid dienone is 4. The SMILES string of the molecule is ClC1=C(Cl)CC=C1.[Ir]. The van der Waals surface area contributed by atoms with Gasteiger partial charge in [-0.15, -0.1) is 0 Å². The summed E-state index contributed by atoms with van der Waals surface area (Å²) < 4.78 is 0. The molecule has 47 valence electrons. The monoisotopic (exact) mass is 327 g/mol. The maximum absolute atomic E-state index is 5.55. The summed E-state index contributed by atoms with van der Waals surface area (Å²) in [5.41, 5.74) is 0. The molecule has 0 N–H and O–H groups in total. The van der Waals surface area contributed by atoms with Crippen LogP contribution in [-0.4, -0.2) is 0 Å². The van der Waals surface area contributed by atoms with Gasteiger partial charge in [0.1, 0.15) is 0 Å². The molecular formula is C5H4Cl2Ir. The molecular weight excluding hydrogens is 323 g/mol. The number of halogens is 2. The van der Waals surface area contributed by atoms with Gasteiger partial charge in [-0.1, -0.05) is 29.3 Å². The van der Waals surface area contributed by atoms with E-state index in [0.717, 1.165) is 11.5 Å². The first kappa shape index (κ1) is 8.71. The predicted octanol–water partition coefficient (Wildman–Crippen LogP) is 2.63. The zero-order chi connectivity index (χ0) is 5.28. The van der Waals surface area contributed by atoms with Crippen LogP contribution in [-0.2, 0) is 20.1 Å². The van der Waals surface area contributed by atoms with E-state index in [9.17, 15) is 0 Å². The molecule has 1 aliphatic rings. The minimum Gasteiger partial charge on any atom is -0.0872 e. The van der Waals surface area contributed by atoms with E-state index in [-0.39, 0.29) is 20.1 Å². The van der Waals surface area contributed by atoms with Gasteiger partial charge in [0.25, 0.3) is 0 Å². The Bertz CT molecular complexity index is 137. The van der Waals surface area contributed by atoms with Crippen molar-refractivity contribution < 1.29 is 20.1 Å². The van der Waals surface area contributed by atoms with Crippen molar-refractivity contribution in [3.05, 3.63) is 22.2 Å². The van der Waals surface area contributed by atoms with Crippen LogP contribution in [0.3, 0.4) is 0 Å². The molecule has 0 amide bonds. The second-order valence-corrected chi connectivity index (χ2v) is 2.22. The molecule has 0 aromatic carbocycles. The van der Waals surface area contributed by atoms with Crippen molar-refractivity contribution in [2.45, 2.75) is 6.42 Å². The first-order chi connectivity index (χ1) is 3.30. The first-order valence-electron chi connectivity index (χ1n) is 2.01. The van der Waals surface area contributed by atoms with Crippen LogP contribution in [0.4, 0.5) is 0 Å². The number of rotatable bonds is 0. The molecule has 0 atom stereocenters. The Kier molecular flexibility index (Phi) is 4.01. The van der Waals surface area contributed by atoms with E-state index in [1.54, 1.807) is 0 Å². The molecule has 0 saturated carbocycles. The standard InChI is InChI=1S/C5H4Cl2.Ir/c6-4-2-1-3-5(4)7;/h1-2H,3H2;. The summed E-state index contributed by atoms with van der Waals surface area (Å²) in [5, 5.41) is 1.43. The van der Waals surface area contributed by atoms with Crippen molar-refractivity contribution >= 4 is 23.2 Å². The van der Waals surface area contributed by atoms with Gasteiger partial charge >= 0.3 is 0 Å². The third kappa shape index (κ3) is 1.91. The summed E-state index contributed by atoms with van der Waals surface area (Å²) in [5.74, 6) is 0. The molecule has 0 aromatic heterocycles. The van der Waals surface area contributed by atoms with E-state index in [1.807, 2.05) is 12.2 Å². The summed E-state index contributed by atoms with van der Waals surface area (Å²) >= 11 is 11.1. The summed E-state index contributed by atoms with van der Waals surface area (Å²) in [6.07, 6.45) is 4.55. The Hall–Kier alpha value is 0.709. The summed E-state index contributed by atoms with van der Waals surface area (Å²) in [7, 11) is 0. The van der Waals surface area contributed by atoms with Crippen LogP contribution in [0.2, 0.25) is 0 Å². The van der Waals surface area contributed by atoms with Gasteiger partial charge in [-0.2, -0.15) is 0 Å². The van der Waals surface area contributed by atoms with Crippen LogP contribution < -0.4 is 0 Å². The molecule has 1 aliphatic carbocycles. The molecule has 3 heteroatoms. The Morgan fingerprint density at radius 1 is 1.38 bits per heavy atom. The van der Waals surface area contributed by atoms with Crippen molar-refractivity contribution in [3.63, 3.8) is 0 Å². The molecule has 0 bridgehead atoms. The van der Waals surface area contributed by atoms with Gasteiger partial charge in [-0.05, 0) is 6.08 Å². The van der Waals surface area contributed by atoms with Gasteiger partial charge in [0.05, 0.1) is 5.03 Å². The van der Waals surface area contributed by atoms with Crippen molar-refractivity contribution in [1.29, 1.82) is 0 Å². The molecule has 0 aliphatic heterocycles. The third-order valence-electron chi connectivity index (χ3n) is 0.820. The molecule has 0 fully saturated rings. The molecule has 0 unspecified atom stereocenters. The smallest absolute Gasteiger partial charge is 0.0551 e. The Labute approximate surface area is 71.9 Å². The van der Waals surface area contributed by atoms with Crippen LogP contribution in [0.5, 0.6) is 0 Å². The zero-order valence-electron chi connectivity index (χ0n) is 3.95. The second-order valence-electron chi connectivity index (χ2n) is 1.36. The van der Waals surface area contributed by atoms with Gasteiger partial charge in [-0.25, -0.2) is 0 Å². The first-order valence-corrected chi connectivity index (χ1v) is 2.77. The maximum atomic E-state index is 5.55. The van der Waals surface area contributed by atoms with Crippen molar-refractivity contribution in [2.75, 3.05) is 0 Å². The Balaban J connectivity index is 0.000000490. The largest absolute Gasteiger partial charge is 0.0872 e. The molecule has 0 spiro atoms. The van der Waals surface area contributed by atoms with E-state index in [2.05, 4.69) is 0 Å². The third-order valence-corrected chi connectivity index (χ3v) is 1.63. The number of hydrogen-bond acceptors (Lipinski definition) is 0. The van der Waals surface area contributed by atoms with E-state index in [4.69, 9.17) is 23.2 Å². The molecule has 0 heterocycles. The summed E-state index contributed by atoms with van der Waals surface area (Å²) in [4.78, 5) is 0. The van der Waals surface area contributed by atoms with Crippen molar-refractivity contribution in [3.8, 4) is 0 Å². The normalized spacial score (nSPS) is 16.8. The van der Waals surface area contributed by atoms with Crippen LogP contribution in [0, 0.1) is 0 Å². The molecule has 0 saturated heterocycles. The minimum absolute atomic E-state index is 0. The zero-order valence-corrected chi connectivity index (χ0v) is 7.86. The fourth-order valence-electron chi connectivity index (χ4n) is 0.454. The average Bonchev–Trinajstić information content (AvgIpc) is 1.91. The molecule has 0 aromatic rings. The van der Waals surface area contributed by atoms with E-state index >= 15 is 0 Å². The Morgan fingerprint density at radius 3 is 2.12 bits per heavy atom. The molecule has 1 rings (SSSR count). The van der Waals surface area contributed by atoms with Gasteiger partial charge in [0, 0.05) is 31.6 Å². The van der Waals surface area contributed by atoms with Gasteiger partial charge in [0.15, 0.2) is 0 Å². The van der Waals surface area contributed by atoms with Crippen LogP contribution in [0.25, 0.3) is 0 Å². The summed E-state index contributed by atoms with van der Waals surface area (Å²) in [6.45, 7) is 0. The van der Waals surface area contributed by atoms with Crippen LogP contribution in [0.15, 0.2) is 22.2 Å². The maximum Gasteiger partial charge on any atom is 0.0551 e. The van der Waals surface area contributed by atoms with Crippen molar-refractivity contribution in [1.82, 2.24) is 0 Å². The predicted molar refractivity (Wildman–Crippen MR) is 32.5 cm³/mol. The van der Waals surface area contributed by atoms with Gasteiger partial charge < -0.3 is 0 Å². The van der Waals surface area contributed by atoms with Crippen LogP contribution in [0.1, 0.15) is 6.42 Å². The molecule has 8 heavy (non-hydrogen) atoms. The van der Waals surface area contributed by atoms with E-state index < -0.39 is 0 Å². The fourth-order valence-corrected chi connectivity index (χ4v) is 0.772.